The van der Waals surface area contributed by atoms with E-state index in [4.69, 9.17) is 4.74 Å². The molecule has 3 aromatic carbocycles. The van der Waals surface area contributed by atoms with Gasteiger partial charge in [0.1, 0.15) is 11.6 Å². The number of hydrogen-bond acceptors (Lipinski definition) is 3. The summed E-state index contributed by atoms with van der Waals surface area (Å²) in [5, 5.41) is 5.83. The molecule has 0 radical (unpaired) electrons. The number of aromatic nitrogens is 1. The quantitative estimate of drug-likeness (QED) is 0.478. The smallest absolute Gasteiger partial charge is 0.126 e. The monoisotopic (exact) mass is 354 g/mol. The van der Waals surface area contributed by atoms with Crippen LogP contribution in [0, 0.1) is 0 Å². The molecule has 0 amide bonds. The molecule has 27 heavy (non-hydrogen) atoms. The van der Waals surface area contributed by atoms with Crippen LogP contribution in [-0.4, -0.2) is 11.6 Å². The minimum Gasteiger partial charge on any atom is -0.493 e. The Hall–Kier alpha value is -3.33. The van der Waals surface area contributed by atoms with Crippen molar-refractivity contribution in [1.82, 2.24) is 4.98 Å². The van der Waals surface area contributed by atoms with Gasteiger partial charge in [0.25, 0.3) is 0 Å². The average Bonchev–Trinajstić information content (AvgIpc) is 2.74. The third kappa shape index (κ3) is 4.26. The lowest BCUT2D eigenvalue weighted by Gasteiger charge is -2.15. The first-order valence-corrected chi connectivity index (χ1v) is 9.22. The van der Waals surface area contributed by atoms with Crippen molar-refractivity contribution in [3.63, 3.8) is 0 Å². The van der Waals surface area contributed by atoms with Gasteiger partial charge in [0, 0.05) is 24.7 Å². The number of pyridine rings is 1. The molecule has 0 saturated carbocycles. The first-order valence-electron chi connectivity index (χ1n) is 9.22. The number of benzene rings is 3. The molecule has 0 unspecified atom stereocenters. The van der Waals surface area contributed by atoms with Crippen molar-refractivity contribution in [2.75, 3.05) is 11.9 Å². The highest BCUT2D eigenvalue weighted by Gasteiger charge is 2.09. The normalized spacial score (nSPS) is 10.7. The van der Waals surface area contributed by atoms with Crippen LogP contribution >= 0.6 is 0 Å². The van der Waals surface area contributed by atoms with E-state index >= 15 is 0 Å². The fraction of sp³-hybridized carbons (Fsp3) is 0.125. The lowest BCUT2D eigenvalue weighted by molar-refractivity contribution is 0.319. The second kappa shape index (κ2) is 8.37. The third-order valence-electron chi connectivity index (χ3n) is 4.60. The zero-order chi connectivity index (χ0) is 18.3. The van der Waals surface area contributed by atoms with Crippen molar-refractivity contribution in [2.45, 2.75) is 13.0 Å². The Morgan fingerprint density at radius 3 is 2.44 bits per heavy atom. The molecule has 0 bridgehead atoms. The Morgan fingerprint density at radius 2 is 1.59 bits per heavy atom. The second-order valence-corrected chi connectivity index (χ2v) is 6.42. The van der Waals surface area contributed by atoms with Crippen molar-refractivity contribution in [1.29, 1.82) is 0 Å². The summed E-state index contributed by atoms with van der Waals surface area (Å²) in [6.45, 7) is 1.32. The fourth-order valence-electron chi connectivity index (χ4n) is 3.20. The van der Waals surface area contributed by atoms with Crippen molar-refractivity contribution < 1.29 is 4.74 Å². The zero-order valence-electron chi connectivity index (χ0n) is 15.1. The number of hydrogen-bond donors (Lipinski definition) is 1. The number of nitrogens with one attached hydrogen (secondary N) is 1. The van der Waals surface area contributed by atoms with Crippen LogP contribution in [0.2, 0.25) is 0 Å². The van der Waals surface area contributed by atoms with Crippen LogP contribution < -0.4 is 10.1 Å². The number of nitrogens with zero attached hydrogens (tertiary/aromatic N) is 1. The molecular weight excluding hydrogens is 332 g/mol. The van der Waals surface area contributed by atoms with Gasteiger partial charge in [-0.1, -0.05) is 66.7 Å². The molecule has 0 spiro atoms. The molecule has 1 aromatic heterocycles. The van der Waals surface area contributed by atoms with Gasteiger partial charge in [0.05, 0.1) is 6.61 Å². The van der Waals surface area contributed by atoms with Crippen molar-refractivity contribution in [3.8, 4) is 5.75 Å². The molecule has 0 fully saturated rings. The van der Waals surface area contributed by atoms with Crippen molar-refractivity contribution >= 4 is 16.6 Å². The van der Waals surface area contributed by atoms with E-state index in [9.17, 15) is 0 Å². The lowest BCUT2D eigenvalue weighted by Crippen LogP contribution is -2.07. The van der Waals surface area contributed by atoms with Crippen molar-refractivity contribution in [3.05, 3.63) is 102 Å². The molecule has 0 aliphatic heterocycles. The Kier molecular flexibility index (Phi) is 5.30. The van der Waals surface area contributed by atoms with Gasteiger partial charge < -0.3 is 10.1 Å². The lowest BCUT2D eigenvalue weighted by atomic mass is 10.0. The SMILES string of the molecule is c1ccc(CCOc2ccc3ccccc3c2CNc2ccccn2)cc1. The van der Waals surface area contributed by atoms with Gasteiger partial charge >= 0.3 is 0 Å². The minimum atomic E-state index is 0.652. The van der Waals surface area contributed by atoms with E-state index in [0.29, 0.717) is 13.2 Å². The molecule has 3 heteroatoms. The summed E-state index contributed by atoms with van der Waals surface area (Å²) in [7, 11) is 0. The number of fused-ring (bicyclic) bond motifs is 1. The maximum atomic E-state index is 6.18. The summed E-state index contributed by atoms with van der Waals surface area (Å²) in [5.41, 5.74) is 2.44. The molecule has 0 aliphatic carbocycles. The highest BCUT2D eigenvalue weighted by atomic mass is 16.5. The summed E-state index contributed by atoms with van der Waals surface area (Å²) < 4.78 is 6.18. The van der Waals surface area contributed by atoms with Gasteiger partial charge in [-0.3, -0.25) is 0 Å². The molecule has 4 aromatic rings. The van der Waals surface area contributed by atoms with Crippen LogP contribution in [0.5, 0.6) is 5.75 Å². The largest absolute Gasteiger partial charge is 0.493 e. The Morgan fingerprint density at radius 1 is 0.778 bits per heavy atom. The van der Waals surface area contributed by atoms with E-state index in [1.807, 2.05) is 24.3 Å². The molecular formula is C24H22N2O. The standard InChI is InChI=1S/C24H22N2O/c1-2-8-19(9-3-1)15-17-27-23-14-13-20-10-4-5-11-21(20)22(23)18-26-24-12-6-7-16-25-24/h1-14,16H,15,17-18H2,(H,25,26). The van der Waals surface area contributed by atoms with Gasteiger partial charge in [0.15, 0.2) is 0 Å². The van der Waals surface area contributed by atoms with Gasteiger partial charge in [-0.05, 0) is 34.5 Å². The molecule has 4 rings (SSSR count). The van der Waals surface area contributed by atoms with Crippen LogP contribution in [0.15, 0.2) is 91.1 Å². The molecule has 0 saturated heterocycles. The van der Waals surface area contributed by atoms with E-state index in [1.54, 1.807) is 6.20 Å². The molecule has 1 heterocycles. The number of ether oxygens (including phenoxy) is 1. The van der Waals surface area contributed by atoms with E-state index in [2.05, 4.69) is 71.0 Å². The Labute approximate surface area is 159 Å². The van der Waals surface area contributed by atoms with Gasteiger partial charge in [-0.25, -0.2) is 4.98 Å². The topological polar surface area (TPSA) is 34.1 Å². The Balaban J connectivity index is 1.55. The van der Waals surface area contributed by atoms with E-state index in [-0.39, 0.29) is 0 Å². The van der Waals surface area contributed by atoms with Crippen LogP contribution in [0.1, 0.15) is 11.1 Å². The number of anilines is 1. The Bertz CT molecular complexity index is 1000. The van der Waals surface area contributed by atoms with Crippen molar-refractivity contribution in [2.24, 2.45) is 0 Å². The van der Waals surface area contributed by atoms with E-state index < -0.39 is 0 Å². The fourth-order valence-corrected chi connectivity index (χ4v) is 3.20. The zero-order valence-corrected chi connectivity index (χ0v) is 15.1. The molecule has 1 N–H and O–H groups in total. The van der Waals surface area contributed by atoms with Crippen LogP contribution in [0.25, 0.3) is 10.8 Å². The third-order valence-corrected chi connectivity index (χ3v) is 4.60. The number of rotatable bonds is 7. The predicted molar refractivity (Wildman–Crippen MR) is 111 cm³/mol. The van der Waals surface area contributed by atoms with E-state index in [0.717, 1.165) is 23.6 Å². The summed E-state index contributed by atoms with van der Waals surface area (Å²) in [6.07, 6.45) is 2.68. The summed E-state index contributed by atoms with van der Waals surface area (Å²) >= 11 is 0. The molecule has 0 aliphatic rings. The van der Waals surface area contributed by atoms with Crippen LogP contribution in [-0.2, 0) is 13.0 Å². The maximum absolute atomic E-state index is 6.18. The molecule has 3 nitrogen and oxygen atoms in total. The van der Waals surface area contributed by atoms with Gasteiger partial charge in [-0.2, -0.15) is 0 Å². The first kappa shape index (κ1) is 17.1. The summed E-state index contributed by atoms with van der Waals surface area (Å²) in [6, 6.07) is 28.9. The minimum absolute atomic E-state index is 0.652. The summed E-state index contributed by atoms with van der Waals surface area (Å²) in [4.78, 5) is 4.35. The highest BCUT2D eigenvalue weighted by molar-refractivity contribution is 5.88. The molecule has 0 atom stereocenters. The first-order chi connectivity index (χ1) is 13.4. The van der Waals surface area contributed by atoms with E-state index in [1.165, 1.54) is 16.3 Å². The van der Waals surface area contributed by atoms with Crippen LogP contribution in [0.4, 0.5) is 5.82 Å². The maximum Gasteiger partial charge on any atom is 0.126 e. The second-order valence-electron chi connectivity index (χ2n) is 6.42. The van der Waals surface area contributed by atoms with Gasteiger partial charge in [0.2, 0.25) is 0 Å². The summed E-state index contributed by atoms with van der Waals surface area (Å²) in [5.74, 6) is 1.79. The van der Waals surface area contributed by atoms with Crippen LogP contribution in [0.3, 0.4) is 0 Å². The average molecular weight is 354 g/mol. The van der Waals surface area contributed by atoms with Gasteiger partial charge in [-0.15, -0.1) is 0 Å². The predicted octanol–water partition coefficient (Wildman–Crippen LogP) is 5.47. The highest BCUT2D eigenvalue weighted by Crippen LogP contribution is 2.29. The molecule has 134 valence electrons.